The van der Waals surface area contributed by atoms with E-state index in [-0.39, 0.29) is 5.11 Å². The van der Waals surface area contributed by atoms with Gasteiger partial charge in [0.25, 0.3) is 0 Å². The molecule has 0 fully saturated rings. The standard InChI is InChI=1S/C11H10ClN3S/c12-10-8(6-14-15-11(13)16)5-7-3-1-2-4-9(7)10/h1-4,6H,5H2,(H3,13,15,16). The average molecular weight is 252 g/mol. The Morgan fingerprint density at radius 2 is 2.25 bits per heavy atom. The lowest BCUT2D eigenvalue weighted by atomic mass is 10.1. The number of rotatable bonds is 2. The zero-order valence-corrected chi connectivity index (χ0v) is 9.98. The predicted molar refractivity (Wildman–Crippen MR) is 71.3 cm³/mol. The minimum absolute atomic E-state index is 0.142. The van der Waals surface area contributed by atoms with Crippen LogP contribution in [-0.4, -0.2) is 11.3 Å². The van der Waals surface area contributed by atoms with E-state index in [1.54, 1.807) is 6.21 Å². The third-order valence-corrected chi connectivity index (χ3v) is 2.85. The lowest BCUT2D eigenvalue weighted by Gasteiger charge is -1.95. The van der Waals surface area contributed by atoms with Crippen LogP contribution in [0.15, 0.2) is 34.9 Å². The van der Waals surface area contributed by atoms with Crippen molar-refractivity contribution in [2.45, 2.75) is 6.42 Å². The number of nitrogens with one attached hydrogen (secondary N) is 1. The van der Waals surface area contributed by atoms with Crippen molar-refractivity contribution in [3.05, 3.63) is 41.0 Å². The Hall–Kier alpha value is -1.39. The number of hydrazone groups is 1. The minimum Gasteiger partial charge on any atom is -0.375 e. The molecule has 0 aliphatic heterocycles. The van der Waals surface area contributed by atoms with Gasteiger partial charge in [-0.15, -0.1) is 0 Å². The van der Waals surface area contributed by atoms with Crippen LogP contribution in [0.1, 0.15) is 11.1 Å². The molecule has 0 spiro atoms. The largest absolute Gasteiger partial charge is 0.375 e. The van der Waals surface area contributed by atoms with Crippen molar-refractivity contribution in [1.82, 2.24) is 5.43 Å². The molecule has 0 amide bonds. The summed E-state index contributed by atoms with van der Waals surface area (Å²) in [6, 6.07) is 8.02. The molecule has 0 saturated heterocycles. The number of allylic oxidation sites excluding steroid dienone is 1. The van der Waals surface area contributed by atoms with E-state index in [1.165, 1.54) is 5.56 Å². The highest BCUT2D eigenvalue weighted by Gasteiger charge is 2.17. The zero-order valence-electron chi connectivity index (χ0n) is 8.40. The number of hydrogen-bond acceptors (Lipinski definition) is 2. The Kier molecular flexibility index (Phi) is 3.22. The molecule has 0 heterocycles. The third-order valence-electron chi connectivity index (χ3n) is 2.31. The van der Waals surface area contributed by atoms with Crippen molar-refractivity contribution in [3.8, 4) is 0 Å². The van der Waals surface area contributed by atoms with E-state index in [2.05, 4.69) is 28.8 Å². The Morgan fingerprint density at radius 3 is 2.94 bits per heavy atom. The first-order valence-electron chi connectivity index (χ1n) is 4.74. The van der Waals surface area contributed by atoms with Crippen LogP contribution in [0.3, 0.4) is 0 Å². The van der Waals surface area contributed by atoms with Gasteiger partial charge in [0.15, 0.2) is 5.11 Å². The van der Waals surface area contributed by atoms with Gasteiger partial charge >= 0.3 is 0 Å². The van der Waals surface area contributed by atoms with E-state index < -0.39 is 0 Å². The number of halogens is 1. The van der Waals surface area contributed by atoms with Gasteiger partial charge in [-0.3, -0.25) is 5.43 Å². The molecule has 16 heavy (non-hydrogen) atoms. The summed E-state index contributed by atoms with van der Waals surface area (Å²) >= 11 is 10.9. The molecule has 3 N–H and O–H groups in total. The highest BCUT2D eigenvalue weighted by Crippen LogP contribution is 2.34. The van der Waals surface area contributed by atoms with E-state index in [4.69, 9.17) is 17.3 Å². The van der Waals surface area contributed by atoms with Gasteiger partial charge in [-0.2, -0.15) is 5.10 Å². The van der Waals surface area contributed by atoms with Crippen LogP contribution < -0.4 is 11.2 Å². The molecule has 0 bridgehead atoms. The van der Waals surface area contributed by atoms with E-state index in [1.807, 2.05) is 18.2 Å². The summed E-state index contributed by atoms with van der Waals surface area (Å²) in [4.78, 5) is 0. The van der Waals surface area contributed by atoms with Crippen LogP contribution in [0.2, 0.25) is 0 Å². The fourth-order valence-corrected chi connectivity index (χ4v) is 1.97. The Labute approximate surface area is 104 Å². The van der Waals surface area contributed by atoms with E-state index >= 15 is 0 Å². The summed E-state index contributed by atoms with van der Waals surface area (Å²) in [5, 5.41) is 4.78. The second-order valence-electron chi connectivity index (χ2n) is 3.41. The minimum atomic E-state index is 0.142. The van der Waals surface area contributed by atoms with Gasteiger partial charge in [0.05, 0.1) is 11.2 Å². The number of nitrogens with two attached hydrogens (primary N) is 1. The van der Waals surface area contributed by atoms with Crippen molar-refractivity contribution >= 4 is 40.2 Å². The summed E-state index contributed by atoms with van der Waals surface area (Å²) in [7, 11) is 0. The fraction of sp³-hybridized carbons (Fsp3) is 0.0909. The number of benzene rings is 1. The number of thiocarbonyl (C=S) groups is 1. The number of hydrogen-bond donors (Lipinski definition) is 2. The molecule has 1 aromatic carbocycles. The smallest absolute Gasteiger partial charge is 0.184 e. The van der Waals surface area contributed by atoms with E-state index in [9.17, 15) is 0 Å². The Bertz CT molecular complexity index is 494. The highest BCUT2D eigenvalue weighted by atomic mass is 35.5. The molecule has 3 nitrogen and oxygen atoms in total. The first-order chi connectivity index (χ1) is 7.68. The molecule has 1 aliphatic rings. The van der Waals surface area contributed by atoms with Crippen molar-refractivity contribution in [2.75, 3.05) is 0 Å². The van der Waals surface area contributed by atoms with Gasteiger partial charge in [-0.1, -0.05) is 35.9 Å². The third kappa shape index (κ3) is 2.23. The van der Waals surface area contributed by atoms with Crippen LogP contribution in [-0.2, 0) is 6.42 Å². The second-order valence-corrected chi connectivity index (χ2v) is 4.23. The molecule has 0 atom stereocenters. The maximum Gasteiger partial charge on any atom is 0.184 e. The second kappa shape index (κ2) is 4.63. The first kappa shape index (κ1) is 11.1. The normalized spacial score (nSPS) is 14.3. The average Bonchev–Trinajstić information content (AvgIpc) is 2.56. The molecule has 1 aliphatic carbocycles. The van der Waals surface area contributed by atoms with Gasteiger partial charge in [-0.05, 0) is 28.9 Å². The van der Waals surface area contributed by atoms with E-state index in [0.29, 0.717) is 0 Å². The van der Waals surface area contributed by atoms with Crippen LogP contribution in [0.25, 0.3) is 5.03 Å². The molecule has 0 radical (unpaired) electrons. The molecule has 2 rings (SSSR count). The fourth-order valence-electron chi connectivity index (χ4n) is 1.62. The number of nitrogens with zero attached hydrogens (tertiary/aromatic N) is 1. The maximum atomic E-state index is 6.22. The topological polar surface area (TPSA) is 50.4 Å². The van der Waals surface area contributed by atoms with Crippen LogP contribution in [0.4, 0.5) is 0 Å². The summed E-state index contributed by atoms with van der Waals surface area (Å²) in [5.41, 5.74) is 11.0. The summed E-state index contributed by atoms with van der Waals surface area (Å²) in [6.45, 7) is 0. The first-order valence-corrected chi connectivity index (χ1v) is 5.52. The Balaban J connectivity index is 2.18. The molecular formula is C11H10ClN3S. The van der Waals surface area contributed by atoms with Crippen molar-refractivity contribution < 1.29 is 0 Å². The summed E-state index contributed by atoms with van der Waals surface area (Å²) < 4.78 is 0. The zero-order chi connectivity index (χ0) is 11.5. The van der Waals surface area contributed by atoms with Crippen molar-refractivity contribution in [3.63, 3.8) is 0 Å². The molecule has 0 saturated carbocycles. The SMILES string of the molecule is NC(=S)NN=CC1=C(Cl)c2ccccc2C1. The van der Waals surface area contributed by atoms with Crippen molar-refractivity contribution in [2.24, 2.45) is 10.8 Å². The van der Waals surface area contributed by atoms with Gasteiger partial charge in [0.2, 0.25) is 0 Å². The predicted octanol–water partition coefficient (Wildman–Crippen LogP) is 2.01. The van der Waals surface area contributed by atoms with Gasteiger partial charge in [0.1, 0.15) is 0 Å². The maximum absolute atomic E-state index is 6.22. The van der Waals surface area contributed by atoms with Crippen LogP contribution in [0.5, 0.6) is 0 Å². The molecular weight excluding hydrogens is 242 g/mol. The van der Waals surface area contributed by atoms with E-state index in [0.717, 1.165) is 22.6 Å². The molecule has 5 heteroatoms. The molecule has 1 aromatic rings. The van der Waals surface area contributed by atoms with Gasteiger partial charge in [-0.25, -0.2) is 0 Å². The van der Waals surface area contributed by atoms with Crippen LogP contribution in [0, 0.1) is 0 Å². The summed E-state index contributed by atoms with van der Waals surface area (Å²) in [5.74, 6) is 0. The monoisotopic (exact) mass is 251 g/mol. The van der Waals surface area contributed by atoms with Gasteiger partial charge in [0, 0.05) is 6.42 Å². The molecule has 0 aromatic heterocycles. The highest BCUT2D eigenvalue weighted by molar-refractivity contribution is 7.80. The molecule has 0 unspecified atom stereocenters. The molecule has 82 valence electrons. The Morgan fingerprint density at radius 1 is 1.50 bits per heavy atom. The van der Waals surface area contributed by atoms with Gasteiger partial charge < -0.3 is 5.73 Å². The number of fused-ring (bicyclic) bond motifs is 1. The lowest BCUT2D eigenvalue weighted by molar-refractivity contribution is 1.04. The quantitative estimate of drug-likeness (QED) is 0.480. The summed E-state index contributed by atoms with van der Waals surface area (Å²) in [6.07, 6.45) is 2.44. The lowest BCUT2D eigenvalue weighted by Crippen LogP contribution is -2.24. The van der Waals surface area contributed by atoms with Crippen LogP contribution >= 0.6 is 23.8 Å². The van der Waals surface area contributed by atoms with Crippen molar-refractivity contribution in [1.29, 1.82) is 0 Å².